The van der Waals surface area contributed by atoms with Crippen LogP contribution in [0.1, 0.15) is 45.2 Å². The lowest BCUT2D eigenvalue weighted by molar-refractivity contribution is 0.0689. The minimum Gasteiger partial charge on any atom is -0.488 e. The summed E-state index contributed by atoms with van der Waals surface area (Å²) in [5, 5.41) is 4.20. The van der Waals surface area contributed by atoms with Crippen molar-refractivity contribution < 1.29 is 14.3 Å². The van der Waals surface area contributed by atoms with E-state index in [-0.39, 0.29) is 18.6 Å². The van der Waals surface area contributed by atoms with Gasteiger partial charge in [-0.2, -0.15) is 5.10 Å². The number of para-hydroxylation sites is 1. The summed E-state index contributed by atoms with van der Waals surface area (Å²) in [6.45, 7) is 1.59. The van der Waals surface area contributed by atoms with Crippen molar-refractivity contribution in [1.82, 2.24) is 19.7 Å². The molecule has 0 saturated carbocycles. The van der Waals surface area contributed by atoms with E-state index in [0.29, 0.717) is 30.0 Å². The van der Waals surface area contributed by atoms with Crippen LogP contribution in [0.25, 0.3) is 0 Å². The SMILES string of the molecule is NC(=O)c1ccccc1OCc1cccc(C(=O)N2CCC(n3cncn3)CC2)c1. The van der Waals surface area contributed by atoms with Gasteiger partial charge in [-0.25, -0.2) is 9.67 Å². The highest BCUT2D eigenvalue weighted by molar-refractivity contribution is 5.95. The third kappa shape index (κ3) is 4.32. The van der Waals surface area contributed by atoms with Gasteiger partial charge in [0.1, 0.15) is 25.0 Å². The first kappa shape index (κ1) is 19.6. The number of rotatable bonds is 6. The molecule has 1 saturated heterocycles. The summed E-state index contributed by atoms with van der Waals surface area (Å²) in [6, 6.07) is 14.5. The van der Waals surface area contributed by atoms with Crippen LogP contribution in [-0.2, 0) is 6.61 Å². The van der Waals surface area contributed by atoms with Gasteiger partial charge >= 0.3 is 0 Å². The summed E-state index contributed by atoms with van der Waals surface area (Å²) < 4.78 is 7.64. The third-order valence-corrected chi connectivity index (χ3v) is 5.28. The van der Waals surface area contributed by atoms with Gasteiger partial charge in [0.2, 0.25) is 0 Å². The van der Waals surface area contributed by atoms with Crippen LogP contribution in [-0.4, -0.2) is 44.6 Å². The number of nitrogens with two attached hydrogens (primary N) is 1. The van der Waals surface area contributed by atoms with Crippen LogP contribution in [0.15, 0.2) is 61.2 Å². The normalized spacial score (nSPS) is 14.5. The van der Waals surface area contributed by atoms with E-state index in [2.05, 4.69) is 10.1 Å². The minimum absolute atomic E-state index is 0.00595. The Kier molecular flexibility index (Phi) is 5.74. The lowest BCUT2D eigenvalue weighted by Gasteiger charge is -2.32. The minimum atomic E-state index is -0.538. The number of ether oxygens (including phenoxy) is 1. The van der Waals surface area contributed by atoms with Crippen LogP contribution in [0.5, 0.6) is 5.75 Å². The van der Waals surface area contributed by atoms with Crippen LogP contribution in [0.3, 0.4) is 0 Å². The highest BCUT2D eigenvalue weighted by Gasteiger charge is 2.25. The summed E-state index contributed by atoms with van der Waals surface area (Å²) in [5.41, 5.74) is 7.19. The molecule has 2 N–H and O–H groups in total. The molecule has 1 aliphatic heterocycles. The van der Waals surface area contributed by atoms with E-state index >= 15 is 0 Å². The van der Waals surface area contributed by atoms with Gasteiger partial charge in [0, 0.05) is 18.7 Å². The molecule has 0 bridgehead atoms. The molecule has 0 aliphatic carbocycles. The number of likely N-dealkylation sites (tertiary alicyclic amines) is 1. The van der Waals surface area contributed by atoms with Crippen molar-refractivity contribution in [2.24, 2.45) is 5.73 Å². The quantitative estimate of drug-likeness (QED) is 0.678. The topological polar surface area (TPSA) is 103 Å². The van der Waals surface area contributed by atoms with Crippen molar-refractivity contribution in [3.63, 3.8) is 0 Å². The van der Waals surface area contributed by atoms with Gasteiger partial charge in [-0.05, 0) is 42.7 Å². The number of carbonyl (C=O) groups excluding carboxylic acids is 2. The molecule has 1 fully saturated rings. The first-order valence-electron chi connectivity index (χ1n) is 9.86. The molecular formula is C22H23N5O3. The van der Waals surface area contributed by atoms with Crippen molar-refractivity contribution in [3.8, 4) is 5.75 Å². The van der Waals surface area contributed by atoms with Gasteiger partial charge < -0.3 is 15.4 Å². The van der Waals surface area contributed by atoms with E-state index in [1.54, 1.807) is 30.6 Å². The molecular weight excluding hydrogens is 382 g/mol. The average molecular weight is 405 g/mol. The molecule has 0 unspecified atom stereocenters. The molecule has 154 valence electrons. The number of primary amides is 1. The number of carbonyl (C=O) groups is 2. The van der Waals surface area contributed by atoms with E-state index in [1.807, 2.05) is 33.8 Å². The van der Waals surface area contributed by atoms with Gasteiger partial charge in [0.25, 0.3) is 11.8 Å². The maximum absolute atomic E-state index is 13.0. The molecule has 0 atom stereocenters. The molecule has 0 spiro atoms. The highest BCUT2D eigenvalue weighted by atomic mass is 16.5. The summed E-state index contributed by atoms with van der Waals surface area (Å²) in [4.78, 5) is 30.4. The monoisotopic (exact) mass is 405 g/mol. The van der Waals surface area contributed by atoms with Gasteiger partial charge in [0.05, 0.1) is 11.6 Å². The van der Waals surface area contributed by atoms with E-state index in [0.717, 1.165) is 18.4 Å². The van der Waals surface area contributed by atoms with Gasteiger partial charge in [0.15, 0.2) is 0 Å². The second-order valence-electron chi connectivity index (χ2n) is 7.25. The molecule has 2 aromatic carbocycles. The van der Waals surface area contributed by atoms with E-state index in [1.165, 1.54) is 6.33 Å². The zero-order valence-corrected chi connectivity index (χ0v) is 16.5. The largest absolute Gasteiger partial charge is 0.488 e. The zero-order valence-electron chi connectivity index (χ0n) is 16.5. The van der Waals surface area contributed by atoms with Gasteiger partial charge in [-0.15, -0.1) is 0 Å². The molecule has 1 aromatic heterocycles. The van der Waals surface area contributed by atoms with Crippen molar-refractivity contribution in [3.05, 3.63) is 77.9 Å². The van der Waals surface area contributed by atoms with Crippen LogP contribution in [0.2, 0.25) is 0 Å². The summed E-state index contributed by atoms with van der Waals surface area (Å²) in [7, 11) is 0. The molecule has 1 aliphatic rings. The fraction of sp³-hybridized carbons (Fsp3) is 0.273. The van der Waals surface area contributed by atoms with Crippen molar-refractivity contribution in [2.45, 2.75) is 25.5 Å². The first-order chi connectivity index (χ1) is 14.6. The maximum atomic E-state index is 13.0. The number of hydrogen-bond acceptors (Lipinski definition) is 5. The van der Waals surface area contributed by atoms with Crippen LogP contribution < -0.4 is 10.5 Å². The van der Waals surface area contributed by atoms with E-state index in [9.17, 15) is 9.59 Å². The Balaban J connectivity index is 1.39. The molecule has 0 radical (unpaired) electrons. The Bertz CT molecular complexity index is 1030. The number of benzene rings is 2. The fourth-order valence-corrected chi connectivity index (χ4v) is 3.67. The van der Waals surface area contributed by atoms with E-state index < -0.39 is 5.91 Å². The number of nitrogens with zero attached hydrogens (tertiary/aromatic N) is 4. The van der Waals surface area contributed by atoms with Crippen LogP contribution in [0.4, 0.5) is 0 Å². The molecule has 3 aromatic rings. The zero-order chi connectivity index (χ0) is 20.9. The van der Waals surface area contributed by atoms with Crippen LogP contribution >= 0.6 is 0 Å². The lowest BCUT2D eigenvalue weighted by Crippen LogP contribution is -2.39. The van der Waals surface area contributed by atoms with Crippen molar-refractivity contribution >= 4 is 11.8 Å². The molecule has 8 nitrogen and oxygen atoms in total. The fourth-order valence-electron chi connectivity index (χ4n) is 3.67. The van der Waals surface area contributed by atoms with Crippen molar-refractivity contribution in [1.29, 1.82) is 0 Å². The van der Waals surface area contributed by atoms with Gasteiger partial charge in [-0.1, -0.05) is 24.3 Å². The Morgan fingerprint density at radius 3 is 2.63 bits per heavy atom. The number of aromatic nitrogens is 3. The Hall–Kier alpha value is -3.68. The number of hydrogen-bond donors (Lipinski definition) is 1. The van der Waals surface area contributed by atoms with Gasteiger partial charge in [-0.3, -0.25) is 9.59 Å². The molecule has 30 heavy (non-hydrogen) atoms. The smallest absolute Gasteiger partial charge is 0.253 e. The summed E-state index contributed by atoms with van der Waals surface area (Å²) in [6.07, 6.45) is 4.96. The Labute approximate surface area is 174 Å². The predicted molar refractivity (Wildman–Crippen MR) is 110 cm³/mol. The number of amides is 2. The first-order valence-corrected chi connectivity index (χ1v) is 9.86. The standard InChI is InChI=1S/C22H23N5O3/c23-21(28)19-6-1-2-7-20(19)30-13-16-4-3-5-17(12-16)22(29)26-10-8-18(9-11-26)27-15-24-14-25-27/h1-7,12,14-15,18H,8-11,13H2,(H2,23,28). The second kappa shape index (κ2) is 8.77. The summed E-state index contributed by atoms with van der Waals surface area (Å²) in [5.74, 6) is -0.104. The predicted octanol–water partition coefficient (Wildman–Crippen LogP) is 2.43. The van der Waals surface area contributed by atoms with Crippen LogP contribution in [0, 0.1) is 0 Å². The highest BCUT2D eigenvalue weighted by Crippen LogP contribution is 2.23. The lowest BCUT2D eigenvalue weighted by atomic mass is 10.0. The molecule has 2 heterocycles. The Morgan fingerprint density at radius 1 is 1.10 bits per heavy atom. The third-order valence-electron chi connectivity index (χ3n) is 5.28. The maximum Gasteiger partial charge on any atom is 0.253 e. The number of piperidine rings is 1. The molecule has 2 amide bonds. The van der Waals surface area contributed by atoms with Crippen molar-refractivity contribution in [2.75, 3.05) is 13.1 Å². The molecule has 4 rings (SSSR count). The molecule has 8 heteroatoms. The summed E-state index contributed by atoms with van der Waals surface area (Å²) >= 11 is 0. The average Bonchev–Trinajstić information content (AvgIpc) is 3.33. The van der Waals surface area contributed by atoms with E-state index in [4.69, 9.17) is 10.5 Å². The second-order valence-corrected chi connectivity index (χ2v) is 7.25. The Morgan fingerprint density at radius 2 is 1.90 bits per heavy atom.